The van der Waals surface area contributed by atoms with Gasteiger partial charge in [-0.05, 0) is 24.1 Å². The smallest absolute Gasteiger partial charge is 0.0271 e. The molecule has 1 aromatic rings. The second kappa shape index (κ2) is 5.78. The molecule has 3 heterocycles. The third-order valence-corrected chi connectivity index (χ3v) is 4.07. The molecule has 1 unspecified atom stereocenters. The van der Waals surface area contributed by atoms with Crippen molar-refractivity contribution in [1.82, 2.24) is 20.1 Å². The van der Waals surface area contributed by atoms with Gasteiger partial charge >= 0.3 is 0 Å². The number of hydrogen-bond donors (Lipinski definition) is 1. The number of hydrogen-bond acceptors (Lipinski definition) is 4. The van der Waals surface area contributed by atoms with Crippen molar-refractivity contribution in [2.75, 3.05) is 39.3 Å². The topological polar surface area (TPSA) is 31.4 Å². The lowest BCUT2D eigenvalue weighted by Gasteiger charge is -2.32. The number of nitrogens with one attached hydrogen (secondary N) is 1. The number of pyridine rings is 1. The van der Waals surface area contributed by atoms with Gasteiger partial charge in [-0.15, -0.1) is 0 Å². The van der Waals surface area contributed by atoms with Crippen LogP contribution in [0.25, 0.3) is 0 Å². The van der Waals surface area contributed by atoms with Crippen molar-refractivity contribution in [2.24, 2.45) is 0 Å². The van der Waals surface area contributed by atoms with Gasteiger partial charge in [-0.1, -0.05) is 0 Å². The van der Waals surface area contributed by atoms with E-state index in [-0.39, 0.29) is 0 Å². The summed E-state index contributed by atoms with van der Waals surface area (Å²) in [5.74, 6) is 0. The molecular weight excluding hydrogens is 224 g/mol. The lowest BCUT2D eigenvalue weighted by molar-refractivity contribution is 0.170. The Kier molecular flexibility index (Phi) is 3.88. The second-order valence-electron chi connectivity index (χ2n) is 5.32. The summed E-state index contributed by atoms with van der Waals surface area (Å²) in [6.45, 7) is 8.27. The minimum Gasteiger partial charge on any atom is -0.314 e. The van der Waals surface area contributed by atoms with Gasteiger partial charge in [0.2, 0.25) is 0 Å². The van der Waals surface area contributed by atoms with Gasteiger partial charge in [0, 0.05) is 64.2 Å². The van der Waals surface area contributed by atoms with Crippen LogP contribution in [0.1, 0.15) is 12.0 Å². The van der Waals surface area contributed by atoms with Gasteiger partial charge in [0.25, 0.3) is 0 Å². The van der Waals surface area contributed by atoms with E-state index in [0.717, 1.165) is 25.7 Å². The zero-order valence-corrected chi connectivity index (χ0v) is 10.9. The summed E-state index contributed by atoms with van der Waals surface area (Å²) >= 11 is 0. The van der Waals surface area contributed by atoms with E-state index >= 15 is 0 Å². The van der Waals surface area contributed by atoms with Crippen molar-refractivity contribution in [3.05, 3.63) is 30.1 Å². The number of aromatic nitrogens is 1. The van der Waals surface area contributed by atoms with E-state index < -0.39 is 0 Å². The average Bonchev–Trinajstić information content (AvgIpc) is 2.89. The number of piperazine rings is 1. The predicted molar refractivity (Wildman–Crippen MR) is 72.4 cm³/mol. The first-order valence-corrected chi connectivity index (χ1v) is 6.98. The Hall–Kier alpha value is -0.970. The van der Waals surface area contributed by atoms with Crippen molar-refractivity contribution >= 4 is 0 Å². The van der Waals surface area contributed by atoms with Crippen LogP contribution < -0.4 is 5.32 Å². The third-order valence-electron chi connectivity index (χ3n) is 4.07. The Morgan fingerprint density at radius 3 is 2.72 bits per heavy atom. The van der Waals surface area contributed by atoms with E-state index in [2.05, 4.69) is 32.2 Å². The van der Waals surface area contributed by atoms with Gasteiger partial charge in [-0.3, -0.25) is 14.8 Å². The van der Waals surface area contributed by atoms with E-state index in [1.807, 2.05) is 12.4 Å². The van der Waals surface area contributed by atoms with Crippen LogP contribution in [0.4, 0.5) is 0 Å². The molecule has 98 valence electrons. The minimum absolute atomic E-state index is 0.772. The van der Waals surface area contributed by atoms with Gasteiger partial charge in [0.15, 0.2) is 0 Å². The van der Waals surface area contributed by atoms with E-state index in [1.165, 1.54) is 38.2 Å². The molecular formula is C14H22N4. The first-order valence-electron chi connectivity index (χ1n) is 6.98. The zero-order valence-electron chi connectivity index (χ0n) is 10.9. The molecule has 18 heavy (non-hydrogen) atoms. The van der Waals surface area contributed by atoms with E-state index in [1.54, 1.807) is 0 Å². The van der Waals surface area contributed by atoms with Crippen LogP contribution >= 0.6 is 0 Å². The number of nitrogens with zero attached hydrogens (tertiary/aromatic N) is 3. The highest BCUT2D eigenvalue weighted by molar-refractivity contribution is 5.09. The molecule has 0 spiro atoms. The van der Waals surface area contributed by atoms with Crippen LogP contribution in [0.2, 0.25) is 0 Å². The standard InChI is InChI=1S/C14H22N4/c1-4-15-5-2-13(1)11-17-8-3-14(12-17)18-9-6-16-7-10-18/h1-2,4-5,14,16H,3,6-12H2. The maximum atomic E-state index is 4.07. The summed E-state index contributed by atoms with van der Waals surface area (Å²) in [7, 11) is 0. The van der Waals surface area contributed by atoms with Crippen molar-refractivity contribution in [3.63, 3.8) is 0 Å². The highest BCUT2D eigenvalue weighted by Gasteiger charge is 2.28. The Morgan fingerprint density at radius 2 is 1.94 bits per heavy atom. The van der Waals surface area contributed by atoms with Crippen LogP contribution in [-0.2, 0) is 6.54 Å². The van der Waals surface area contributed by atoms with Gasteiger partial charge < -0.3 is 5.32 Å². The Balaban J connectivity index is 1.52. The lowest BCUT2D eigenvalue weighted by atomic mass is 10.2. The van der Waals surface area contributed by atoms with Crippen LogP contribution in [0, 0.1) is 0 Å². The Labute approximate surface area is 109 Å². The Morgan fingerprint density at radius 1 is 1.17 bits per heavy atom. The average molecular weight is 246 g/mol. The summed E-state index contributed by atoms with van der Waals surface area (Å²) in [4.78, 5) is 9.30. The van der Waals surface area contributed by atoms with E-state index in [0.29, 0.717) is 0 Å². The summed E-state index contributed by atoms with van der Waals surface area (Å²) in [5.41, 5.74) is 1.38. The van der Waals surface area contributed by atoms with Crippen molar-refractivity contribution < 1.29 is 0 Å². The zero-order chi connectivity index (χ0) is 12.2. The largest absolute Gasteiger partial charge is 0.314 e. The first kappa shape index (κ1) is 12.1. The summed E-state index contributed by atoms with van der Waals surface area (Å²) in [5, 5.41) is 3.43. The molecule has 0 aliphatic carbocycles. The van der Waals surface area contributed by atoms with Gasteiger partial charge in [0.05, 0.1) is 0 Å². The SMILES string of the molecule is c1cc(CN2CCC(N3CCNCC3)C2)ccn1. The molecule has 2 aliphatic rings. The van der Waals surface area contributed by atoms with Crippen molar-refractivity contribution in [1.29, 1.82) is 0 Å². The minimum atomic E-state index is 0.772. The normalized spacial score (nSPS) is 26.6. The van der Waals surface area contributed by atoms with Crippen molar-refractivity contribution in [3.8, 4) is 0 Å². The van der Waals surface area contributed by atoms with Crippen LogP contribution in [0.3, 0.4) is 0 Å². The fourth-order valence-corrected chi connectivity index (χ4v) is 3.05. The van der Waals surface area contributed by atoms with E-state index in [9.17, 15) is 0 Å². The monoisotopic (exact) mass is 246 g/mol. The molecule has 2 fully saturated rings. The highest BCUT2D eigenvalue weighted by Crippen LogP contribution is 2.18. The molecule has 3 rings (SSSR count). The lowest BCUT2D eigenvalue weighted by Crippen LogP contribution is -2.49. The number of likely N-dealkylation sites (tertiary alicyclic amines) is 1. The summed E-state index contributed by atoms with van der Waals surface area (Å²) in [6.07, 6.45) is 5.10. The van der Waals surface area contributed by atoms with Crippen LogP contribution in [-0.4, -0.2) is 60.1 Å². The van der Waals surface area contributed by atoms with Gasteiger partial charge in [0.1, 0.15) is 0 Å². The molecule has 0 radical (unpaired) electrons. The molecule has 1 atom stereocenters. The first-order chi connectivity index (χ1) is 8.92. The fraction of sp³-hybridized carbons (Fsp3) is 0.643. The van der Waals surface area contributed by atoms with Gasteiger partial charge in [-0.2, -0.15) is 0 Å². The van der Waals surface area contributed by atoms with Gasteiger partial charge in [-0.25, -0.2) is 0 Å². The molecule has 0 aromatic carbocycles. The molecule has 1 aromatic heterocycles. The maximum Gasteiger partial charge on any atom is 0.0271 e. The quantitative estimate of drug-likeness (QED) is 0.844. The predicted octanol–water partition coefficient (Wildman–Crippen LogP) is 0.561. The van der Waals surface area contributed by atoms with Crippen LogP contribution in [0.15, 0.2) is 24.5 Å². The molecule has 2 saturated heterocycles. The molecule has 4 nitrogen and oxygen atoms in total. The number of rotatable bonds is 3. The molecule has 1 N–H and O–H groups in total. The van der Waals surface area contributed by atoms with Crippen molar-refractivity contribution in [2.45, 2.75) is 19.0 Å². The Bertz CT molecular complexity index is 361. The van der Waals surface area contributed by atoms with Crippen LogP contribution in [0.5, 0.6) is 0 Å². The maximum absolute atomic E-state index is 4.07. The molecule has 4 heteroatoms. The summed E-state index contributed by atoms with van der Waals surface area (Å²) in [6, 6.07) is 5.02. The summed E-state index contributed by atoms with van der Waals surface area (Å²) < 4.78 is 0. The molecule has 0 saturated carbocycles. The molecule has 2 aliphatic heterocycles. The molecule has 0 bridgehead atoms. The highest BCUT2D eigenvalue weighted by atomic mass is 15.3. The third kappa shape index (κ3) is 2.88. The molecule has 0 amide bonds. The second-order valence-corrected chi connectivity index (χ2v) is 5.32. The fourth-order valence-electron chi connectivity index (χ4n) is 3.05. The van der Waals surface area contributed by atoms with E-state index in [4.69, 9.17) is 0 Å².